The highest BCUT2D eigenvalue weighted by Crippen LogP contribution is 2.33. The number of carbonyl (C=O) groups excluding carboxylic acids is 1. The van der Waals surface area contributed by atoms with Crippen LogP contribution in [0.4, 0.5) is 18.9 Å². The molecule has 0 radical (unpaired) electrons. The molecule has 1 amide bonds. The molecule has 1 aromatic rings. The number of benzene rings is 1. The Morgan fingerprint density at radius 3 is 2.60 bits per heavy atom. The third kappa shape index (κ3) is 4.99. The minimum atomic E-state index is -4.53. The molecule has 1 aromatic carbocycles. The minimum absolute atomic E-state index is 0.0262. The first-order valence-electron chi connectivity index (χ1n) is 5.66. The number of methoxy groups -OCH3 is 1. The van der Waals surface area contributed by atoms with Crippen molar-refractivity contribution in [2.75, 3.05) is 19.0 Å². The van der Waals surface area contributed by atoms with Crippen molar-refractivity contribution in [2.45, 2.75) is 18.7 Å². The zero-order chi connectivity index (χ0) is 15.3. The summed E-state index contributed by atoms with van der Waals surface area (Å²) in [7, 11) is 1.39. The first-order valence-corrected chi connectivity index (χ1v) is 6.04. The van der Waals surface area contributed by atoms with Gasteiger partial charge in [-0.1, -0.05) is 11.6 Å². The Morgan fingerprint density at radius 1 is 1.45 bits per heavy atom. The molecule has 0 aliphatic heterocycles. The number of carbonyl (C=O) groups is 1. The standard InChI is InChI=1S/C12H14ClF3N2O2/c1-20-10(6-17)5-11(19)18-9-3-7(12(14,15)16)2-8(13)4-9/h2-4,10H,5-6,17H2,1H3,(H,18,19). The van der Waals surface area contributed by atoms with Gasteiger partial charge < -0.3 is 15.8 Å². The number of halogens is 4. The lowest BCUT2D eigenvalue weighted by atomic mass is 10.2. The van der Waals surface area contributed by atoms with Crippen molar-refractivity contribution >= 4 is 23.2 Å². The molecule has 0 saturated heterocycles. The van der Waals surface area contributed by atoms with Gasteiger partial charge in [0.15, 0.2) is 0 Å². The van der Waals surface area contributed by atoms with E-state index < -0.39 is 23.8 Å². The Labute approximate surface area is 119 Å². The molecule has 1 unspecified atom stereocenters. The molecule has 0 heterocycles. The quantitative estimate of drug-likeness (QED) is 0.879. The zero-order valence-corrected chi connectivity index (χ0v) is 11.4. The lowest BCUT2D eigenvalue weighted by Gasteiger charge is -2.14. The molecule has 3 N–H and O–H groups in total. The molecule has 0 spiro atoms. The van der Waals surface area contributed by atoms with Gasteiger partial charge in [0.25, 0.3) is 0 Å². The highest BCUT2D eigenvalue weighted by Gasteiger charge is 2.31. The Bertz CT molecular complexity index is 476. The van der Waals surface area contributed by atoms with Gasteiger partial charge in [0.1, 0.15) is 0 Å². The Balaban J connectivity index is 2.82. The highest BCUT2D eigenvalue weighted by molar-refractivity contribution is 6.31. The number of hydrogen-bond acceptors (Lipinski definition) is 3. The van der Waals surface area contributed by atoms with Gasteiger partial charge in [-0.15, -0.1) is 0 Å². The number of rotatable bonds is 5. The van der Waals surface area contributed by atoms with Gasteiger partial charge in [0, 0.05) is 24.4 Å². The fraction of sp³-hybridized carbons (Fsp3) is 0.417. The van der Waals surface area contributed by atoms with Crippen LogP contribution in [-0.4, -0.2) is 25.7 Å². The summed E-state index contributed by atoms with van der Waals surface area (Å²) in [6, 6.07) is 2.84. The number of alkyl halides is 3. The van der Waals surface area contributed by atoms with Crippen molar-refractivity contribution in [3.63, 3.8) is 0 Å². The van der Waals surface area contributed by atoms with Gasteiger partial charge in [-0.3, -0.25) is 4.79 Å². The van der Waals surface area contributed by atoms with E-state index >= 15 is 0 Å². The fourth-order valence-corrected chi connectivity index (χ4v) is 1.74. The van der Waals surface area contributed by atoms with Crippen molar-refractivity contribution in [1.29, 1.82) is 0 Å². The maximum atomic E-state index is 12.6. The third-order valence-electron chi connectivity index (χ3n) is 2.52. The van der Waals surface area contributed by atoms with E-state index in [0.29, 0.717) is 0 Å². The number of nitrogens with one attached hydrogen (secondary N) is 1. The zero-order valence-electron chi connectivity index (χ0n) is 10.6. The molecule has 0 aliphatic carbocycles. The number of hydrogen-bond donors (Lipinski definition) is 2. The average molecular weight is 311 g/mol. The van der Waals surface area contributed by atoms with E-state index in [1.165, 1.54) is 13.2 Å². The van der Waals surface area contributed by atoms with Crippen LogP contribution in [0.25, 0.3) is 0 Å². The molecule has 0 saturated carbocycles. The number of anilines is 1. The van der Waals surface area contributed by atoms with Gasteiger partial charge in [-0.05, 0) is 18.2 Å². The summed E-state index contributed by atoms with van der Waals surface area (Å²) in [5, 5.41) is 2.22. The van der Waals surface area contributed by atoms with Crippen LogP contribution in [0.3, 0.4) is 0 Å². The van der Waals surface area contributed by atoms with Crippen LogP contribution in [0.2, 0.25) is 5.02 Å². The van der Waals surface area contributed by atoms with Crippen LogP contribution < -0.4 is 11.1 Å². The lowest BCUT2D eigenvalue weighted by molar-refractivity contribution is -0.137. The summed E-state index contributed by atoms with van der Waals surface area (Å²) in [4.78, 5) is 11.6. The molecule has 0 aliphatic rings. The number of ether oxygens (including phenoxy) is 1. The van der Waals surface area contributed by atoms with Gasteiger partial charge in [-0.25, -0.2) is 0 Å². The van der Waals surface area contributed by atoms with Crippen LogP contribution in [0.5, 0.6) is 0 Å². The second-order valence-corrected chi connectivity index (χ2v) is 4.51. The van der Waals surface area contributed by atoms with Gasteiger partial charge in [0.05, 0.1) is 18.1 Å². The minimum Gasteiger partial charge on any atom is -0.380 e. The van der Waals surface area contributed by atoms with Gasteiger partial charge in [0.2, 0.25) is 5.91 Å². The van der Waals surface area contributed by atoms with E-state index in [0.717, 1.165) is 12.1 Å². The Kier molecular flexibility index (Phi) is 5.79. The van der Waals surface area contributed by atoms with Crippen LogP contribution in [0.1, 0.15) is 12.0 Å². The van der Waals surface area contributed by atoms with Crippen molar-refractivity contribution in [2.24, 2.45) is 5.73 Å². The first kappa shape index (κ1) is 16.7. The smallest absolute Gasteiger partial charge is 0.380 e. The maximum Gasteiger partial charge on any atom is 0.416 e. The second kappa shape index (κ2) is 6.92. The molecule has 8 heteroatoms. The van der Waals surface area contributed by atoms with Gasteiger partial charge >= 0.3 is 6.18 Å². The maximum absolute atomic E-state index is 12.6. The summed E-state index contributed by atoms with van der Waals surface area (Å²) in [5.41, 5.74) is 4.40. The largest absolute Gasteiger partial charge is 0.416 e. The molecular weight excluding hydrogens is 297 g/mol. The van der Waals surface area contributed by atoms with Crippen LogP contribution in [0, 0.1) is 0 Å². The molecule has 0 bridgehead atoms. The van der Waals surface area contributed by atoms with Crippen LogP contribution >= 0.6 is 11.6 Å². The van der Waals surface area contributed by atoms with E-state index in [4.69, 9.17) is 22.1 Å². The molecule has 4 nitrogen and oxygen atoms in total. The van der Waals surface area contributed by atoms with Crippen molar-refractivity contribution in [3.05, 3.63) is 28.8 Å². The van der Waals surface area contributed by atoms with E-state index in [1.807, 2.05) is 0 Å². The second-order valence-electron chi connectivity index (χ2n) is 4.07. The number of nitrogens with two attached hydrogens (primary N) is 1. The predicted octanol–water partition coefficient (Wildman–Crippen LogP) is 2.66. The average Bonchev–Trinajstić information content (AvgIpc) is 2.34. The highest BCUT2D eigenvalue weighted by atomic mass is 35.5. The Hall–Kier alpha value is -1.31. The fourth-order valence-electron chi connectivity index (χ4n) is 1.51. The summed E-state index contributed by atoms with van der Waals surface area (Å²) >= 11 is 5.60. The molecule has 0 fully saturated rings. The first-order chi connectivity index (χ1) is 9.26. The molecule has 20 heavy (non-hydrogen) atoms. The van der Waals surface area contributed by atoms with Gasteiger partial charge in [-0.2, -0.15) is 13.2 Å². The van der Waals surface area contributed by atoms with E-state index in [-0.39, 0.29) is 23.7 Å². The topological polar surface area (TPSA) is 64.3 Å². The predicted molar refractivity (Wildman–Crippen MR) is 69.6 cm³/mol. The molecule has 0 aromatic heterocycles. The van der Waals surface area contributed by atoms with Crippen molar-refractivity contribution < 1.29 is 22.7 Å². The van der Waals surface area contributed by atoms with E-state index in [2.05, 4.69) is 5.32 Å². The third-order valence-corrected chi connectivity index (χ3v) is 2.74. The number of amides is 1. The van der Waals surface area contributed by atoms with E-state index in [1.54, 1.807) is 0 Å². The molecule has 1 atom stereocenters. The van der Waals surface area contributed by atoms with Crippen molar-refractivity contribution in [3.8, 4) is 0 Å². The van der Waals surface area contributed by atoms with E-state index in [9.17, 15) is 18.0 Å². The summed E-state index contributed by atoms with van der Waals surface area (Å²) in [6.45, 7) is 0.132. The molecule has 1 rings (SSSR count). The SMILES string of the molecule is COC(CN)CC(=O)Nc1cc(Cl)cc(C(F)(F)F)c1. The van der Waals surface area contributed by atoms with Crippen molar-refractivity contribution in [1.82, 2.24) is 0 Å². The molecular formula is C12H14ClF3N2O2. The summed E-state index contributed by atoms with van der Waals surface area (Å²) < 4.78 is 42.7. The lowest BCUT2D eigenvalue weighted by Crippen LogP contribution is -2.28. The monoisotopic (exact) mass is 310 g/mol. The summed E-state index contributed by atoms with van der Waals surface area (Å²) in [5.74, 6) is -0.502. The van der Waals surface area contributed by atoms with Crippen LogP contribution in [0.15, 0.2) is 18.2 Å². The summed E-state index contributed by atoms with van der Waals surface area (Å²) in [6.07, 6.45) is -5.08. The van der Waals surface area contributed by atoms with Crippen LogP contribution in [-0.2, 0) is 15.7 Å². The Morgan fingerprint density at radius 2 is 2.10 bits per heavy atom. The normalized spacial score (nSPS) is 13.1. The molecule has 112 valence electrons.